The van der Waals surface area contributed by atoms with Crippen LogP contribution in [0.4, 0.5) is 0 Å². The van der Waals surface area contributed by atoms with Crippen molar-refractivity contribution in [2.75, 3.05) is 54.9 Å². The first-order valence-electron chi connectivity index (χ1n) is 13.2. The lowest BCUT2D eigenvalue weighted by molar-refractivity contribution is -0.287. The van der Waals surface area contributed by atoms with Gasteiger partial charge in [0, 0.05) is 70.0 Å². The van der Waals surface area contributed by atoms with E-state index in [9.17, 15) is 5.11 Å². The van der Waals surface area contributed by atoms with Crippen molar-refractivity contribution in [1.29, 1.82) is 0 Å². The minimum Gasteiger partial charge on any atom is -0.390 e. The van der Waals surface area contributed by atoms with Crippen LogP contribution in [0.2, 0.25) is 0 Å². The number of likely N-dealkylation sites (tertiary alicyclic amines) is 1. The van der Waals surface area contributed by atoms with Crippen molar-refractivity contribution in [3.63, 3.8) is 0 Å². The molecule has 8 unspecified atom stereocenters. The molecule has 7 aliphatic rings. The summed E-state index contributed by atoms with van der Waals surface area (Å²) in [4.78, 5) is 2.61. The van der Waals surface area contributed by atoms with E-state index in [1.54, 1.807) is 7.11 Å². The molecular weight excluding hydrogens is 438 g/mol. The first-order chi connectivity index (χ1) is 16.5. The molecule has 2 aliphatic heterocycles. The molecule has 34 heavy (non-hydrogen) atoms. The zero-order valence-electron chi connectivity index (χ0n) is 21.2. The van der Waals surface area contributed by atoms with Crippen LogP contribution in [0, 0.1) is 34.5 Å². The van der Waals surface area contributed by atoms with Crippen molar-refractivity contribution < 1.29 is 33.5 Å². The Morgan fingerprint density at radius 3 is 2.59 bits per heavy atom. The average molecular weight is 480 g/mol. The molecule has 7 rings (SSSR count). The molecule has 8 heteroatoms. The number of nitrogens with zero attached hydrogens (tertiary/aromatic N) is 1. The fourth-order valence-corrected chi connectivity index (χ4v) is 11.7. The second-order valence-corrected chi connectivity index (χ2v) is 12.2. The van der Waals surface area contributed by atoms with Crippen molar-refractivity contribution in [2.24, 2.45) is 34.5 Å². The highest BCUT2D eigenvalue weighted by Gasteiger charge is 2.93. The standard InChI is InChI=1S/C26H41NO7/c1-6-27-11-23(12-29-2)8-7-17(31-4)25-15-9-14-16(30-3)10-24(18(15)19(14)32-5)26(22(25)27,34-13-33-24)21(28)20(23)25/h14-22,28H,6-13H2,1-5H3/t14-,15?,16+,17?,18?,19?,20?,21?,22-,23+,24-,25?,26?/m1/s1. The number of hydrogen-bond acceptors (Lipinski definition) is 8. The number of ether oxygens (including phenoxy) is 6. The van der Waals surface area contributed by atoms with E-state index in [1.807, 2.05) is 21.3 Å². The molecule has 0 aromatic rings. The van der Waals surface area contributed by atoms with E-state index >= 15 is 0 Å². The first-order valence-corrected chi connectivity index (χ1v) is 13.2. The van der Waals surface area contributed by atoms with Crippen LogP contribution in [0.25, 0.3) is 0 Å². The summed E-state index contributed by atoms with van der Waals surface area (Å²) in [6, 6.07) is 0.0378. The van der Waals surface area contributed by atoms with E-state index < -0.39 is 17.3 Å². The van der Waals surface area contributed by atoms with Crippen LogP contribution in [0.3, 0.4) is 0 Å². The summed E-state index contributed by atoms with van der Waals surface area (Å²) in [5.74, 6) is 0.813. The lowest BCUT2D eigenvalue weighted by Gasteiger charge is -2.70. The van der Waals surface area contributed by atoms with Gasteiger partial charge in [0.15, 0.2) is 0 Å². The van der Waals surface area contributed by atoms with Crippen LogP contribution in [0.15, 0.2) is 0 Å². The quantitative estimate of drug-likeness (QED) is 0.611. The molecule has 8 nitrogen and oxygen atoms in total. The zero-order chi connectivity index (χ0) is 23.7. The lowest BCUT2D eigenvalue weighted by Crippen LogP contribution is -2.81. The maximum absolute atomic E-state index is 12.6. The van der Waals surface area contributed by atoms with Gasteiger partial charge in [0.05, 0.1) is 37.1 Å². The lowest BCUT2D eigenvalue weighted by atomic mass is 9.42. The van der Waals surface area contributed by atoms with E-state index in [-0.39, 0.29) is 53.8 Å². The molecule has 0 radical (unpaired) electrons. The zero-order valence-corrected chi connectivity index (χ0v) is 21.2. The van der Waals surface area contributed by atoms with Crippen LogP contribution in [-0.2, 0) is 28.4 Å². The van der Waals surface area contributed by atoms with Gasteiger partial charge < -0.3 is 33.5 Å². The number of rotatable bonds is 6. The van der Waals surface area contributed by atoms with E-state index in [1.165, 1.54) is 0 Å². The maximum Gasteiger partial charge on any atom is 0.148 e. The fourth-order valence-electron chi connectivity index (χ4n) is 11.7. The third-order valence-electron chi connectivity index (χ3n) is 12.0. The minimum absolute atomic E-state index is 0.0240. The monoisotopic (exact) mass is 479 g/mol. The van der Waals surface area contributed by atoms with Crippen LogP contribution < -0.4 is 0 Å². The molecule has 0 amide bonds. The Hall–Kier alpha value is -0.320. The SMILES string of the molecule is CCN1C[C@]2(COC)CCC(OC)C34C5C[C@H]6C(OC)C5[C@@]5(C[C@@H]6OC)OCOC5(C(O)C32)[C@H]14. The number of likely N-dealkylation sites (N-methyl/N-ethyl adjacent to an activating group) is 1. The molecule has 7 bridgehead atoms. The van der Waals surface area contributed by atoms with Crippen molar-refractivity contribution >= 4 is 0 Å². The summed E-state index contributed by atoms with van der Waals surface area (Å²) in [5, 5.41) is 12.6. The van der Waals surface area contributed by atoms with Crippen LogP contribution >= 0.6 is 0 Å². The van der Waals surface area contributed by atoms with E-state index in [4.69, 9.17) is 28.4 Å². The van der Waals surface area contributed by atoms with Gasteiger partial charge in [0.2, 0.25) is 0 Å². The molecule has 7 fully saturated rings. The molecule has 5 aliphatic carbocycles. The minimum atomic E-state index is -0.825. The normalized spacial score (nSPS) is 61.1. The van der Waals surface area contributed by atoms with Crippen LogP contribution in [0.5, 0.6) is 0 Å². The van der Waals surface area contributed by atoms with Gasteiger partial charge in [-0.2, -0.15) is 0 Å². The van der Waals surface area contributed by atoms with Crippen molar-refractivity contribution in [1.82, 2.24) is 4.90 Å². The maximum atomic E-state index is 12.6. The van der Waals surface area contributed by atoms with Gasteiger partial charge in [-0.25, -0.2) is 0 Å². The van der Waals surface area contributed by atoms with Crippen molar-refractivity contribution in [3.05, 3.63) is 0 Å². The van der Waals surface area contributed by atoms with Crippen LogP contribution in [-0.4, -0.2) is 107 Å². The molecule has 13 atom stereocenters. The Balaban J connectivity index is 1.55. The number of hydrogen-bond donors (Lipinski definition) is 1. The second-order valence-electron chi connectivity index (χ2n) is 12.2. The first kappa shape index (κ1) is 22.8. The third-order valence-corrected chi connectivity index (χ3v) is 12.0. The average Bonchev–Trinajstić information content (AvgIpc) is 3.42. The molecule has 3 spiro atoms. The Kier molecular flexibility index (Phi) is 4.81. The molecular formula is C26H41NO7. The van der Waals surface area contributed by atoms with E-state index in [0.717, 1.165) is 38.8 Å². The number of piperidine rings is 1. The molecule has 2 saturated heterocycles. The van der Waals surface area contributed by atoms with E-state index in [2.05, 4.69) is 11.8 Å². The Morgan fingerprint density at radius 2 is 1.91 bits per heavy atom. The highest BCUT2D eigenvalue weighted by molar-refractivity contribution is 5.42. The Morgan fingerprint density at radius 1 is 1.09 bits per heavy atom. The van der Waals surface area contributed by atoms with Gasteiger partial charge in [-0.15, -0.1) is 0 Å². The molecule has 0 aromatic heterocycles. The third kappa shape index (κ3) is 2.05. The number of methoxy groups -OCH3 is 4. The second kappa shape index (κ2) is 7.16. The van der Waals surface area contributed by atoms with Gasteiger partial charge in [-0.1, -0.05) is 6.92 Å². The Labute approximate surface area is 202 Å². The smallest absolute Gasteiger partial charge is 0.148 e. The highest BCUT2D eigenvalue weighted by Crippen LogP contribution is 2.82. The fraction of sp³-hybridized carbons (Fsp3) is 1.00. The van der Waals surface area contributed by atoms with Gasteiger partial charge in [0.25, 0.3) is 0 Å². The van der Waals surface area contributed by atoms with Gasteiger partial charge in [-0.3, -0.25) is 4.90 Å². The largest absolute Gasteiger partial charge is 0.390 e. The molecule has 2 heterocycles. The summed E-state index contributed by atoms with van der Waals surface area (Å²) in [5.41, 5.74) is -1.83. The van der Waals surface area contributed by atoms with Gasteiger partial charge in [0.1, 0.15) is 18.0 Å². The summed E-state index contributed by atoms with van der Waals surface area (Å²) in [6.45, 7) is 4.93. The van der Waals surface area contributed by atoms with Crippen molar-refractivity contribution in [2.45, 2.75) is 74.3 Å². The summed E-state index contributed by atoms with van der Waals surface area (Å²) in [7, 11) is 7.32. The predicted molar refractivity (Wildman–Crippen MR) is 121 cm³/mol. The molecule has 0 aromatic carbocycles. The number of aliphatic hydroxyl groups is 1. The number of aliphatic hydroxyl groups excluding tert-OH is 1. The predicted octanol–water partition coefficient (Wildman–Crippen LogP) is 1.29. The molecule has 5 saturated carbocycles. The topological polar surface area (TPSA) is 78.9 Å². The highest BCUT2D eigenvalue weighted by atomic mass is 16.7. The van der Waals surface area contributed by atoms with Crippen LogP contribution in [0.1, 0.15) is 32.6 Å². The summed E-state index contributed by atoms with van der Waals surface area (Å²) >= 11 is 0. The summed E-state index contributed by atoms with van der Waals surface area (Å²) in [6.07, 6.45) is 3.20. The molecule has 192 valence electrons. The van der Waals surface area contributed by atoms with Crippen molar-refractivity contribution in [3.8, 4) is 0 Å². The number of fused-ring (bicyclic) bond motifs is 1. The Bertz CT molecular complexity index is 859. The van der Waals surface area contributed by atoms with Gasteiger partial charge >= 0.3 is 0 Å². The van der Waals surface area contributed by atoms with Gasteiger partial charge in [-0.05, 0) is 31.7 Å². The summed E-state index contributed by atoms with van der Waals surface area (Å²) < 4.78 is 38.3. The van der Waals surface area contributed by atoms with E-state index in [0.29, 0.717) is 18.4 Å². The molecule has 1 N–H and O–H groups in total.